The van der Waals surface area contributed by atoms with E-state index >= 15 is 0 Å². The molecule has 0 radical (unpaired) electrons. The molecule has 1 aromatic heterocycles. The summed E-state index contributed by atoms with van der Waals surface area (Å²) in [6, 6.07) is 7.03. The van der Waals surface area contributed by atoms with Crippen LogP contribution in [0.15, 0.2) is 30.3 Å². The lowest BCUT2D eigenvalue weighted by Crippen LogP contribution is -2.03. The smallest absolute Gasteiger partial charge is 0.341 e. The first-order valence-electron chi connectivity index (χ1n) is 6.02. The SMILES string of the molecule is Cc1ccc(C(=O)O)c(Oc2ccc([N+](=O)[O-])cc2C)n1. The van der Waals surface area contributed by atoms with Gasteiger partial charge in [-0.05, 0) is 37.6 Å². The maximum atomic E-state index is 11.1. The van der Waals surface area contributed by atoms with E-state index in [1.54, 1.807) is 19.9 Å². The van der Waals surface area contributed by atoms with E-state index in [9.17, 15) is 14.9 Å². The van der Waals surface area contributed by atoms with Crippen molar-refractivity contribution in [1.82, 2.24) is 4.98 Å². The van der Waals surface area contributed by atoms with E-state index in [4.69, 9.17) is 9.84 Å². The van der Waals surface area contributed by atoms with Crippen LogP contribution in [-0.2, 0) is 0 Å². The van der Waals surface area contributed by atoms with E-state index in [-0.39, 0.29) is 17.1 Å². The number of benzene rings is 1. The van der Waals surface area contributed by atoms with Gasteiger partial charge < -0.3 is 9.84 Å². The molecule has 1 aromatic carbocycles. The van der Waals surface area contributed by atoms with Gasteiger partial charge in [0, 0.05) is 17.8 Å². The van der Waals surface area contributed by atoms with Crippen LogP contribution in [-0.4, -0.2) is 21.0 Å². The highest BCUT2D eigenvalue weighted by atomic mass is 16.6. The van der Waals surface area contributed by atoms with E-state index < -0.39 is 10.9 Å². The number of rotatable bonds is 4. The number of carboxylic acid groups (broad SMARTS) is 1. The van der Waals surface area contributed by atoms with E-state index in [0.29, 0.717) is 17.0 Å². The summed E-state index contributed by atoms with van der Waals surface area (Å²) in [4.78, 5) is 25.4. The van der Waals surface area contributed by atoms with Crippen molar-refractivity contribution in [3.8, 4) is 11.6 Å². The van der Waals surface area contributed by atoms with Crippen LogP contribution in [0.4, 0.5) is 5.69 Å². The monoisotopic (exact) mass is 288 g/mol. The highest BCUT2D eigenvalue weighted by molar-refractivity contribution is 5.90. The molecule has 21 heavy (non-hydrogen) atoms. The first-order valence-corrected chi connectivity index (χ1v) is 6.02. The Balaban J connectivity index is 2.40. The number of carbonyl (C=O) groups is 1. The highest BCUT2D eigenvalue weighted by Crippen LogP contribution is 2.29. The van der Waals surface area contributed by atoms with Gasteiger partial charge in [0.15, 0.2) is 0 Å². The molecule has 0 aliphatic carbocycles. The summed E-state index contributed by atoms with van der Waals surface area (Å²) in [7, 11) is 0. The number of non-ortho nitro benzene ring substituents is 1. The molecule has 0 fully saturated rings. The fourth-order valence-corrected chi connectivity index (χ4v) is 1.74. The van der Waals surface area contributed by atoms with Gasteiger partial charge in [0.05, 0.1) is 4.92 Å². The van der Waals surface area contributed by atoms with Crippen LogP contribution < -0.4 is 4.74 Å². The van der Waals surface area contributed by atoms with Crippen LogP contribution in [0, 0.1) is 24.0 Å². The molecule has 0 saturated carbocycles. The normalized spacial score (nSPS) is 10.2. The lowest BCUT2D eigenvalue weighted by Gasteiger charge is -2.10. The first kappa shape index (κ1) is 14.4. The first-order chi connectivity index (χ1) is 9.88. The third kappa shape index (κ3) is 3.14. The van der Waals surface area contributed by atoms with Gasteiger partial charge in [-0.25, -0.2) is 9.78 Å². The van der Waals surface area contributed by atoms with Crippen molar-refractivity contribution in [2.75, 3.05) is 0 Å². The van der Waals surface area contributed by atoms with Crippen molar-refractivity contribution in [2.45, 2.75) is 13.8 Å². The number of aromatic carboxylic acids is 1. The summed E-state index contributed by atoms with van der Waals surface area (Å²) in [5.41, 5.74) is 0.993. The van der Waals surface area contributed by atoms with Crippen LogP contribution in [0.2, 0.25) is 0 Å². The summed E-state index contributed by atoms with van der Waals surface area (Å²) in [6.07, 6.45) is 0. The number of hydrogen-bond acceptors (Lipinski definition) is 5. The number of aromatic nitrogens is 1. The van der Waals surface area contributed by atoms with E-state index in [0.717, 1.165) is 0 Å². The minimum absolute atomic E-state index is 0.0422. The number of aryl methyl sites for hydroxylation is 2. The van der Waals surface area contributed by atoms with Crippen LogP contribution in [0.5, 0.6) is 11.6 Å². The summed E-state index contributed by atoms with van der Waals surface area (Å²) >= 11 is 0. The summed E-state index contributed by atoms with van der Waals surface area (Å²) in [6.45, 7) is 3.35. The maximum Gasteiger partial charge on any atom is 0.341 e. The Labute approximate surface area is 120 Å². The number of ether oxygens (including phenoxy) is 1. The molecule has 1 N–H and O–H groups in total. The quantitative estimate of drug-likeness (QED) is 0.685. The molecular weight excluding hydrogens is 276 g/mol. The van der Waals surface area contributed by atoms with Gasteiger partial charge in [0.2, 0.25) is 5.88 Å². The molecule has 2 aromatic rings. The number of carboxylic acids is 1. The minimum atomic E-state index is -1.16. The second-order valence-electron chi connectivity index (χ2n) is 4.42. The highest BCUT2D eigenvalue weighted by Gasteiger charge is 2.16. The van der Waals surface area contributed by atoms with Crippen LogP contribution in [0.1, 0.15) is 21.6 Å². The zero-order chi connectivity index (χ0) is 15.6. The Morgan fingerprint density at radius 2 is 2.00 bits per heavy atom. The van der Waals surface area contributed by atoms with Crippen LogP contribution in [0.3, 0.4) is 0 Å². The van der Waals surface area contributed by atoms with E-state index in [2.05, 4.69) is 4.98 Å². The second-order valence-corrected chi connectivity index (χ2v) is 4.42. The van der Waals surface area contributed by atoms with Crippen molar-refractivity contribution < 1.29 is 19.6 Å². The molecule has 108 valence electrons. The van der Waals surface area contributed by atoms with Crippen molar-refractivity contribution in [3.63, 3.8) is 0 Å². The fraction of sp³-hybridized carbons (Fsp3) is 0.143. The van der Waals surface area contributed by atoms with Gasteiger partial charge in [0.25, 0.3) is 5.69 Å². The lowest BCUT2D eigenvalue weighted by atomic mass is 10.2. The average molecular weight is 288 g/mol. The van der Waals surface area contributed by atoms with Gasteiger partial charge in [-0.2, -0.15) is 0 Å². The topological polar surface area (TPSA) is 103 Å². The molecule has 1 heterocycles. The predicted octanol–water partition coefficient (Wildman–Crippen LogP) is 3.10. The Kier molecular flexibility index (Phi) is 3.84. The summed E-state index contributed by atoms with van der Waals surface area (Å²) in [5.74, 6) is -0.877. The number of hydrogen-bond donors (Lipinski definition) is 1. The molecule has 0 atom stereocenters. The predicted molar refractivity (Wildman–Crippen MR) is 73.8 cm³/mol. The molecular formula is C14H12N2O5. The summed E-state index contributed by atoms with van der Waals surface area (Å²) in [5, 5.41) is 19.8. The van der Waals surface area contributed by atoms with Crippen molar-refractivity contribution in [3.05, 3.63) is 57.3 Å². The molecule has 2 rings (SSSR count). The zero-order valence-electron chi connectivity index (χ0n) is 11.4. The van der Waals surface area contributed by atoms with Gasteiger partial charge in [-0.1, -0.05) is 0 Å². The van der Waals surface area contributed by atoms with Crippen molar-refractivity contribution in [1.29, 1.82) is 0 Å². The second kappa shape index (κ2) is 5.58. The van der Waals surface area contributed by atoms with E-state index in [1.165, 1.54) is 24.3 Å². The van der Waals surface area contributed by atoms with Crippen molar-refractivity contribution in [2.24, 2.45) is 0 Å². The van der Waals surface area contributed by atoms with Crippen LogP contribution >= 0.6 is 0 Å². The van der Waals surface area contributed by atoms with Crippen molar-refractivity contribution >= 4 is 11.7 Å². The third-order valence-electron chi connectivity index (χ3n) is 2.81. The van der Waals surface area contributed by atoms with Crippen LogP contribution in [0.25, 0.3) is 0 Å². The average Bonchev–Trinajstić information content (AvgIpc) is 2.40. The number of pyridine rings is 1. The molecule has 0 amide bonds. The lowest BCUT2D eigenvalue weighted by molar-refractivity contribution is -0.384. The van der Waals surface area contributed by atoms with E-state index in [1.807, 2.05) is 0 Å². The number of nitrogens with zero attached hydrogens (tertiary/aromatic N) is 2. The minimum Gasteiger partial charge on any atom is -0.477 e. The molecule has 0 spiro atoms. The van der Waals surface area contributed by atoms with Gasteiger partial charge in [0.1, 0.15) is 11.3 Å². The van der Waals surface area contributed by atoms with Gasteiger partial charge in [-0.3, -0.25) is 10.1 Å². The Morgan fingerprint density at radius 3 is 2.57 bits per heavy atom. The summed E-state index contributed by atoms with van der Waals surface area (Å²) < 4.78 is 5.50. The Bertz CT molecular complexity index is 727. The molecule has 7 nitrogen and oxygen atoms in total. The number of nitro benzene ring substituents is 1. The molecule has 0 saturated heterocycles. The molecule has 0 aliphatic rings. The number of nitro groups is 1. The Morgan fingerprint density at radius 1 is 1.29 bits per heavy atom. The largest absolute Gasteiger partial charge is 0.477 e. The zero-order valence-corrected chi connectivity index (χ0v) is 11.4. The van der Waals surface area contributed by atoms with Gasteiger partial charge >= 0.3 is 5.97 Å². The standard InChI is InChI=1S/C14H12N2O5/c1-8-7-10(16(19)20)4-6-12(8)21-13-11(14(17)18)5-3-9(2)15-13/h3-7H,1-2H3,(H,17,18). The molecule has 7 heteroatoms. The molecule has 0 unspecified atom stereocenters. The maximum absolute atomic E-state index is 11.1. The molecule has 0 bridgehead atoms. The molecule has 0 aliphatic heterocycles. The Hall–Kier alpha value is -2.96. The fourth-order valence-electron chi connectivity index (χ4n) is 1.74. The van der Waals surface area contributed by atoms with Gasteiger partial charge in [-0.15, -0.1) is 0 Å². The third-order valence-corrected chi connectivity index (χ3v) is 2.81.